The van der Waals surface area contributed by atoms with Crippen LogP contribution in [0.4, 0.5) is 0 Å². The predicted octanol–water partition coefficient (Wildman–Crippen LogP) is 5.35. The Morgan fingerprint density at radius 1 is 1.03 bits per heavy atom. The van der Waals surface area contributed by atoms with Crippen LogP contribution in [0.1, 0.15) is 68.7 Å². The van der Waals surface area contributed by atoms with E-state index in [1.165, 1.54) is 19.4 Å². The highest BCUT2D eigenvalue weighted by Gasteiger charge is 2.30. The van der Waals surface area contributed by atoms with Gasteiger partial charge in [-0.2, -0.15) is 5.10 Å². The monoisotopic (exact) mass is 477 g/mol. The number of hydrogen-bond acceptors (Lipinski definition) is 4. The first kappa shape index (κ1) is 26.0. The Bertz CT molecular complexity index is 1220. The Morgan fingerprint density at radius 3 is 2.23 bits per heavy atom. The van der Waals surface area contributed by atoms with Crippen molar-refractivity contribution in [2.24, 2.45) is 0 Å². The summed E-state index contributed by atoms with van der Waals surface area (Å²) in [6, 6.07) is 15.6. The maximum atomic E-state index is 13.0. The third-order valence-electron chi connectivity index (χ3n) is 5.93. The number of amides is 1. The van der Waals surface area contributed by atoms with Crippen LogP contribution >= 0.6 is 0 Å². The van der Waals surface area contributed by atoms with Gasteiger partial charge in [0.05, 0.1) is 5.69 Å². The molecule has 0 aliphatic rings. The molecule has 0 aliphatic heterocycles. The van der Waals surface area contributed by atoms with Gasteiger partial charge in [0.1, 0.15) is 11.4 Å². The summed E-state index contributed by atoms with van der Waals surface area (Å²) in [4.78, 5) is 24.3. The van der Waals surface area contributed by atoms with Gasteiger partial charge < -0.3 is 15.2 Å². The average Bonchev–Trinajstić information content (AvgIpc) is 3.23. The number of rotatable bonds is 8. The van der Waals surface area contributed by atoms with Crippen molar-refractivity contribution in [2.45, 2.75) is 72.6 Å². The average molecular weight is 478 g/mol. The molecule has 186 valence electrons. The molecule has 0 aliphatic carbocycles. The lowest BCUT2D eigenvalue weighted by molar-refractivity contribution is -0.152. The Kier molecular flexibility index (Phi) is 7.38. The highest BCUT2D eigenvalue weighted by atomic mass is 16.5. The van der Waals surface area contributed by atoms with E-state index >= 15 is 0 Å². The Balaban J connectivity index is 1.72. The van der Waals surface area contributed by atoms with Crippen molar-refractivity contribution in [2.75, 3.05) is 0 Å². The molecule has 1 amide bonds. The first-order valence-corrected chi connectivity index (χ1v) is 11.8. The molecule has 0 saturated carbocycles. The Morgan fingerprint density at radius 2 is 1.69 bits per heavy atom. The SMILES string of the molecule is CCn1nc(-c2ccc(C(C)(C)C)cc2)cc1C(=O)NCc1ccc(OC(C)(C)C(=O)O)c(C)c1. The van der Waals surface area contributed by atoms with Gasteiger partial charge in [-0.25, -0.2) is 4.79 Å². The van der Waals surface area contributed by atoms with E-state index in [1.54, 1.807) is 10.7 Å². The standard InChI is InChI=1S/C28H35N3O4/c1-8-31-23(16-22(30-31)20-10-12-21(13-11-20)27(3,4)5)25(32)29-17-19-9-14-24(18(2)15-19)35-28(6,7)26(33)34/h9-16H,8,17H2,1-7H3,(H,29,32)(H,33,34). The lowest BCUT2D eigenvalue weighted by Gasteiger charge is -2.23. The smallest absolute Gasteiger partial charge is 0.347 e. The van der Waals surface area contributed by atoms with Gasteiger partial charge in [-0.1, -0.05) is 57.2 Å². The van der Waals surface area contributed by atoms with E-state index in [0.717, 1.165) is 22.4 Å². The number of aryl methyl sites for hydroxylation is 2. The molecule has 0 bridgehead atoms. The molecule has 1 heterocycles. The van der Waals surface area contributed by atoms with Gasteiger partial charge in [0, 0.05) is 18.7 Å². The van der Waals surface area contributed by atoms with E-state index in [2.05, 4.69) is 43.3 Å². The van der Waals surface area contributed by atoms with Crippen molar-refractivity contribution in [1.29, 1.82) is 0 Å². The Labute approximate surface area is 207 Å². The molecule has 7 heteroatoms. The second kappa shape index (κ2) is 9.94. The third kappa shape index (κ3) is 6.10. The number of carboxylic acids is 1. The van der Waals surface area contributed by atoms with Crippen LogP contribution in [0.3, 0.4) is 0 Å². The van der Waals surface area contributed by atoms with E-state index in [-0.39, 0.29) is 11.3 Å². The van der Waals surface area contributed by atoms with E-state index < -0.39 is 11.6 Å². The zero-order chi connectivity index (χ0) is 26.0. The van der Waals surface area contributed by atoms with Crippen molar-refractivity contribution >= 4 is 11.9 Å². The van der Waals surface area contributed by atoms with Crippen LogP contribution < -0.4 is 10.1 Å². The molecule has 0 unspecified atom stereocenters. The molecular weight excluding hydrogens is 442 g/mol. The first-order chi connectivity index (χ1) is 16.3. The quantitative estimate of drug-likeness (QED) is 0.456. The number of nitrogens with zero attached hydrogens (tertiary/aromatic N) is 2. The topological polar surface area (TPSA) is 93.5 Å². The van der Waals surface area contributed by atoms with Gasteiger partial charge in [-0.05, 0) is 61.9 Å². The second-order valence-corrected chi connectivity index (χ2v) is 10.3. The van der Waals surface area contributed by atoms with Crippen LogP contribution in [0.5, 0.6) is 5.75 Å². The molecule has 2 N–H and O–H groups in total. The van der Waals surface area contributed by atoms with E-state index in [9.17, 15) is 14.7 Å². The van der Waals surface area contributed by atoms with Gasteiger partial charge in [0.25, 0.3) is 5.91 Å². The molecule has 0 fully saturated rings. The van der Waals surface area contributed by atoms with Crippen molar-refractivity contribution in [1.82, 2.24) is 15.1 Å². The van der Waals surface area contributed by atoms with Crippen molar-refractivity contribution in [3.63, 3.8) is 0 Å². The lowest BCUT2D eigenvalue weighted by atomic mass is 9.86. The number of benzene rings is 2. The zero-order valence-electron chi connectivity index (χ0n) is 21.6. The minimum Gasteiger partial charge on any atom is -0.478 e. The summed E-state index contributed by atoms with van der Waals surface area (Å²) in [6.07, 6.45) is 0. The summed E-state index contributed by atoms with van der Waals surface area (Å²) in [5.74, 6) is -0.745. The predicted molar refractivity (Wildman–Crippen MR) is 137 cm³/mol. The molecule has 3 rings (SSSR count). The van der Waals surface area contributed by atoms with Gasteiger partial charge in [0.2, 0.25) is 0 Å². The third-order valence-corrected chi connectivity index (χ3v) is 5.93. The minimum atomic E-state index is -1.33. The number of nitrogens with one attached hydrogen (secondary N) is 1. The summed E-state index contributed by atoms with van der Waals surface area (Å²) in [5.41, 5.74) is 3.90. The fourth-order valence-electron chi connectivity index (χ4n) is 3.65. The summed E-state index contributed by atoms with van der Waals surface area (Å²) < 4.78 is 7.35. The Hall–Kier alpha value is -3.61. The first-order valence-electron chi connectivity index (χ1n) is 11.8. The van der Waals surface area contributed by atoms with Gasteiger partial charge in [-0.15, -0.1) is 0 Å². The number of ether oxygens (including phenoxy) is 1. The molecule has 7 nitrogen and oxygen atoms in total. The number of aromatic nitrogens is 2. The van der Waals surface area contributed by atoms with E-state index in [1.807, 2.05) is 44.2 Å². The summed E-state index contributed by atoms with van der Waals surface area (Å²) in [7, 11) is 0. The molecule has 1 aromatic heterocycles. The highest BCUT2D eigenvalue weighted by Crippen LogP contribution is 2.27. The molecular formula is C28H35N3O4. The molecule has 0 radical (unpaired) electrons. The summed E-state index contributed by atoms with van der Waals surface area (Å²) >= 11 is 0. The van der Waals surface area contributed by atoms with Crippen LogP contribution in [0.25, 0.3) is 11.3 Å². The van der Waals surface area contributed by atoms with Crippen molar-refractivity contribution in [3.8, 4) is 17.0 Å². The summed E-state index contributed by atoms with van der Waals surface area (Å²) in [6.45, 7) is 14.2. The lowest BCUT2D eigenvalue weighted by Crippen LogP contribution is -2.38. The van der Waals surface area contributed by atoms with Gasteiger partial charge in [-0.3, -0.25) is 9.48 Å². The van der Waals surface area contributed by atoms with Crippen LogP contribution in [0.15, 0.2) is 48.5 Å². The number of carbonyl (C=O) groups is 2. The molecule has 0 atom stereocenters. The molecule has 0 spiro atoms. The van der Waals surface area contributed by atoms with Gasteiger partial charge in [0.15, 0.2) is 5.60 Å². The molecule has 2 aromatic carbocycles. The maximum Gasteiger partial charge on any atom is 0.347 e. The highest BCUT2D eigenvalue weighted by molar-refractivity contribution is 5.93. The number of carbonyl (C=O) groups excluding carboxylic acids is 1. The van der Waals surface area contributed by atoms with Gasteiger partial charge >= 0.3 is 5.97 Å². The largest absolute Gasteiger partial charge is 0.478 e. The fraction of sp³-hybridized carbons (Fsp3) is 0.393. The number of hydrogen-bond donors (Lipinski definition) is 2. The van der Waals surface area contributed by atoms with Crippen molar-refractivity contribution < 1.29 is 19.4 Å². The minimum absolute atomic E-state index is 0.0709. The second-order valence-electron chi connectivity index (χ2n) is 10.3. The van der Waals surface area contributed by atoms with Crippen LogP contribution in [-0.2, 0) is 23.3 Å². The maximum absolute atomic E-state index is 13.0. The van der Waals surface area contributed by atoms with Crippen LogP contribution in [0.2, 0.25) is 0 Å². The van der Waals surface area contributed by atoms with Crippen molar-refractivity contribution in [3.05, 3.63) is 70.9 Å². The molecule has 35 heavy (non-hydrogen) atoms. The number of aliphatic carboxylic acids is 1. The van der Waals surface area contributed by atoms with Crippen LogP contribution in [0, 0.1) is 6.92 Å². The fourth-order valence-corrected chi connectivity index (χ4v) is 3.65. The molecule has 0 saturated heterocycles. The van der Waals surface area contributed by atoms with Crippen LogP contribution in [-0.4, -0.2) is 32.4 Å². The van der Waals surface area contributed by atoms with E-state index in [4.69, 9.17) is 4.74 Å². The number of carboxylic acid groups (broad SMARTS) is 1. The summed E-state index contributed by atoms with van der Waals surface area (Å²) in [5, 5.41) is 16.9. The zero-order valence-corrected chi connectivity index (χ0v) is 21.6. The molecule has 3 aromatic rings. The van der Waals surface area contributed by atoms with E-state index in [0.29, 0.717) is 24.5 Å². The normalized spacial score (nSPS) is 11.9.